The zero-order chi connectivity index (χ0) is 16.8. The summed E-state index contributed by atoms with van der Waals surface area (Å²) in [6, 6.07) is 10.0. The van der Waals surface area contributed by atoms with E-state index in [0.717, 1.165) is 31.5 Å². The van der Waals surface area contributed by atoms with Gasteiger partial charge >= 0.3 is 0 Å². The molecule has 0 radical (unpaired) electrons. The second-order valence-corrected chi connectivity index (χ2v) is 7.38. The van der Waals surface area contributed by atoms with Gasteiger partial charge in [0.05, 0.1) is 27.6 Å². The van der Waals surface area contributed by atoms with Crippen molar-refractivity contribution < 1.29 is 0 Å². The van der Waals surface area contributed by atoms with Crippen LogP contribution in [0.4, 0.5) is 0 Å². The van der Waals surface area contributed by atoms with E-state index in [1.165, 1.54) is 11.8 Å². The standard InChI is InChI=1S/C16H11N7S2/c1-22-8-10(7-18-22)12-4-5-15-19-20-16(23(15)21-12)25-11-2-3-13-14(6-11)24-9-17-13/h2-9H,1H3. The summed E-state index contributed by atoms with van der Waals surface area (Å²) in [5, 5.41) is 18.1. The molecule has 0 saturated heterocycles. The second-order valence-electron chi connectivity index (χ2n) is 5.46. The molecule has 0 spiro atoms. The summed E-state index contributed by atoms with van der Waals surface area (Å²) in [4.78, 5) is 5.39. The Bertz CT molecular complexity index is 1200. The number of thiazole rings is 1. The topological polar surface area (TPSA) is 73.8 Å². The third kappa shape index (κ3) is 2.57. The highest BCUT2D eigenvalue weighted by atomic mass is 32.2. The number of benzene rings is 1. The molecule has 0 saturated carbocycles. The van der Waals surface area contributed by atoms with Crippen molar-refractivity contribution in [2.24, 2.45) is 7.05 Å². The van der Waals surface area contributed by atoms with E-state index in [9.17, 15) is 0 Å². The SMILES string of the molecule is Cn1cc(-c2ccc3nnc(Sc4ccc5ncsc5c4)n3n2)cn1. The van der Waals surface area contributed by atoms with E-state index in [0.29, 0.717) is 5.65 Å². The van der Waals surface area contributed by atoms with E-state index in [1.54, 1.807) is 26.7 Å². The normalized spacial score (nSPS) is 11.6. The number of hydrogen-bond acceptors (Lipinski definition) is 7. The molecule has 25 heavy (non-hydrogen) atoms. The van der Waals surface area contributed by atoms with Crippen LogP contribution in [-0.4, -0.2) is 34.6 Å². The van der Waals surface area contributed by atoms with Gasteiger partial charge in [-0.05, 0) is 42.1 Å². The zero-order valence-electron chi connectivity index (χ0n) is 13.1. The van der Waals surface area contributed by atoms with E-state index in [-0.39, 0.29) is 0 Å². The van der Waals surface area contributed by atoms with E-state index >= 15 is 0 Å². The van der Waals surface area contributed by atoms with E-state index in [1.807, 2.05) is 43.0 Å². The van der Waals surface area contributed by atoms with Crippen molar-refractivity contribution in [2.45, 2.75) is 10.1 Å². The Kier molecular flexibility index (Phi) is 3.28. The van der Waals surface area contributed by atoms with Gasteiger partial charge in [0.25, 0.3) is 0 Å². The van der Waals surface area contributed by atoms with Crippen molar-refractivity contribution in [1.29, 1.82) is 0 Å². The Morgan fingerprint density at radius 3 is 2.96 bits per heavy atom. The highest BCUT2D eigenvalue weighted by Gasteiger charge is 2.11. The van der Waals surface area contributed by atoms with Gasteiger partial charge in [-0.1, -0.05) is 0 Å². The van der Waals surface area contributed by atoms with Crippen LogP contribution in [0, 0.1) is 0 Å². The summed E-state index contributed by atoms with van der Waals surface area (Å²) in [5.74, 6) is 0. The molecule has 0 aliphatic heterocycles. The van der Waals surface area contributed by atoms with Crippen molar-refractivity contribution in [2.75, 3.05) is 0 Å². The fourth-order valence-electron chi connectivity index (χ4n) is 2.54. The Hall–Kier alpha value is -2.78. The van der Waals surface area contributed by atoms with Gasteiger partial charge in [-0.15, -0.1) is 21.5 Å². The molecular weight excluding hydrogens is 354 g/mol. The van der Waals surface area contributed by atoms with Crippen LogP contribution < -0.4 is 0 Å². The van der Waals surface area contributed by atoms with Gasteiger partial charge in [-0.2, -0.15) is 14.7 Å². The van der Waals surface area contributed by atoms with Gasteiger partial charge in [0.2, 0.25) is 5.16 Å². The molecule has 0 bridgehead atoms. The van der Waals surface area contributed by atoms with Gasteiger partial charge < -0.3 is 0 Å². The van der Waals surface area contributed by atoms with Crippen LogP contribution in [0.2, 0.25) is 0 Å². The number of aryl methyl sites for hydroxylation is 1. The number of fused-ring (bicyclic) bond motifs is 2. The number of rotatable bonds is 3. The van der Waals surface area contributed by atoms with Crippen molar-refractivity contribution in [3.8, 4) is 11.3 Å². The Morgan fingerprint density at radius 1 is 1.12 bits per heavy atom. The van der Waals surface area contributed by atoms with Gasteiger partial charge in [0.15, 0.2) is 5.65 Å². The van der Waals surface area contributed by atoms with Crippen LogP contribution in [0.15, 0.2) is 58.3 Å². The van der Waals surface area contributed by atoms with Gasteiger partial charge in [-0.3, -0.25) is 4.68 Å². The first kappa shape index (κ1) is 14.6. The van der Waals surface area contributed by atoms with Crippen molar-refractivity contribution in [3.05, 3.63) is 48.2 Å². The maximum Gasteiger partial charge on any atom is 0.217 e. The monoisotopic (exact) mass is 365 g/mol. The third-order valence-corrected chi connectivity index (χ3v) is 5.47. The van der Waals surface area contributed by atoms with E-state index < -0.39 is 0 Å². The lowest BCUT2D eigenvalue weighted by Crippen LogP contribution is -1.95. The van der Waals surface area contributed by atoms with Crippen LogP contribution in [0.1, 0.15) is 0 Å². The van der Waals surface area contributed by atoms with E-state index in [2.05, 4.69) is 31.4 Å². The lowest BCUT2D eigenvalue weighted by molar-refractivity contribution is 0.767. The van der Waals surface area contributed by atoms with Crippen molar-refractivity contribution in [3.63, 3.8) is 0 Å². The van der Waals surface area contributed by atoms with Crippen LogP contribution >= 0.6 is 23.1 Å². The van der Waals surface area contributed by atoms with Crippen LogP contribution in [-0.2, 0) is 7.05 Å². The summed E-state index contributed by atoms with van der Waals surface area (Å²) >= 11 is 3.16. The summed E-state index contributed by atoms with van der Waals surface area (Å²) in [7, 11) is 1.89. The van der Waals surface area contributed by atoms with Crippen LogP contribution in [0.5, 0.6) is 0 Å². The number of nitrogens with zero attached hydrogens (tertiary/aromatic N) is 7. The highest BCUT2D eigenvalue weighted by molar-refractivity contribution is 7.99. The average Bonchev–Trinajstić information content (AvgIpc) is 3.34. The highest BCUT2D eigenvalue weighted by Crippen LogP contribution is 2.30. The molecule has 1 aromatic carbocycles. The molecule has 7 nitrogen and oxygen atoms in total. The Balaban J connectivity index is 1.56. The molecule has 0 atom stereocenters. The summed E-state index contributed by atoms with van der Waals surface area (Å²) < 4.78 is 4.68. The number of hydrogen-bond donors (Lipinski definition) is 0. The van der Waals surface area contributed by atoms with Crippen LogP contribution in [0.3, 0.4) is 0 Å². The maximum absolute atomic E-state index is 4.67. The summed E-state index contributed by atoms with van der Waals surface area (Å²) in [6.45, 7) is 0. The smallest absolute Gasteiger partial charge is 0.217 e. The lowest BCUT2D eigenvalue weighted by atomic mass is 10.2. The van der Waals surface area contributed by atoms with Crippen molar-refractivity contribution >= 4 is 39.0 Å². The minimum absolute atomic E-state index is 0.717. The molecule has 5 aromatic rings. The molecule has 0 N–H and O–H groups in total. The minimum atomic E-state index is 0.717. The fourth-order valence-corrected chi connectivity index (χ4v) is 4.16. The molecule has 9 heteroatoms. The molecule has 0 aliphatic rings. The minimum Gasteiger partial charge on any atom is -0.275 e. The molecule has 0 unspecified atom stereocenters. The largest absolute Gasteiger partial charge is 0.275 e. The molecular formula is C16H11N7S2. The first-order valence-corrected chi connectivity index (χ1v) is 9.18. The molecule has 122 valence electrons. The van der Waals surface area contributed by atoms with Crippen LogP contribution in [0.25, 0.3) is 27.1 Å². The molecule has 4 heterocycles. The first-order valence-electron chi connectivity index (χ1n) is 7.49. The quantitative estimate of drug-likeness (QED) is 0.488. The van der Waals surface area contributed by atoms with Crippen molar-refractivity contribution in [1.82, 2.24) is 34.6 Å². The molecule has 4 aromatic heterocycles. The maximum atomic E-state index is 4.67. The lowest BCUT2D eigenvalue weighted by Gasteiger charge is -2.01. The molecule has 0 amide bonds. The van der Waals surface area contributed by atoms with E-state index in [4.69, 9.17) is 0 Å². The van der Waals surface area contributed by atoms with Gasteiger partial charge in [-0.25, -0.2) is 4.98 Å². The molecule has 5 rings (SSSR count). The Labute approximate surface area is 150 Å². The third-order valence-electron chi connectivity index (χ3n) is 3.75. The molecule has 0 fully saturated rings. The summed E-state index contributed by atoms with van der Waals surface area (Å²) in [5.41, 5.74) is 5.37. The summed E-state index contributed by atoms with van der Waals surface area (Å²) in [6.07, 6.45) is 3.73. The Morgan fingerprint density at radius 2 is 2.08 bits per heavy atom. The molecule has 0 aliphatic carbocycles. The fraction of sp³-hybridized carbons (Fsp3) is 0.0625. The zero-order valence-corrected chi connectivity index (χ0v) is 14.7. The first-order chi connectivity index (χ1) is 12.3. The van der Waals surface area contributed by atoms with Gasteiger partial charge in [0, 0.05) is 23.7 Å². The second kappa shape index (κ2) is 5.64. The predicted octanol–water partition coefficient (Wildman–Crippen LogP) is 3.29. The predicted molar refractivity (Wildman–Crippen MR) is 96.7 cm³/mol. The number of aromatic nitrogens is 7. The average molecular weight is 365 g/mol. The van der Waals surface area contributed by atoms with Gasteiger partial charge in [0.1, 0.15) is 0 Å².